The second kappa shape index (κ2) is 6.44. The van der Waals surface area contributed by atoms with Crippen molar-refractivity contribution in [1.82, 2.24) is 9.80 Å². The van der Waals surface area contributed by atoms with Gasteiger partial charge in [-0.3, -0.25) is 9.69 Å². The number of hydrogen-bond donors (Lipinski definition) is 1. The number of hydrogen-bond acceptors (Lipinski definition) is 3. The molecule has 4 nitrogen and oxygen atoms in total. The predicted molar refractivity (Wildman–Crippen MR) is 80.3 cm³/mol. The number of likely N-dealkylation sites (tertiary alicyclic amines) is 2. The van der Waals surface area contributed by atoms with Crippen molar-refractivity contribution >= 4 is 5.91 Å². The van der Waals surface area contributed by atoms with E-state index in [1.807, 2.05) is 0 Å². The molecular formula is C16H29N3O. The zero-order chi connectivity index (χ0) is 13.9. The van der Waals surface area contributed by atoms with E-state index in [1.165, 1.54) is 38.5 Å². The van der Waals surface area contributed by atoms with Gasteiger partial charge >= 0.3 is 0 Å². The van der Waals surface area contributed by atoms with Crippen LogP contribution in [0.15, 0.2) is 0 Å². The van der Waals surface area contributed by atoms with Crippen molar-refractivity contribution in [3.05, 3.63) is 0 Å². The Morgan fingerprint density at radius 3 is 2.60 bits per heavy atom. The summed E-state index contributed by atoms with van der Waals surface area (Å²) in [6, 6.07) is 0.809. The maximum atomic E-state index is 12.7. The molecule has 0 aromatic rings. The molecule has 2 heterocycles. The van der Waals surface area contributed by atoms with Gasteiger partial charge in [-0.1, -0.05) is 12.8 Å². The van der Waals surface area contributed by atoms with Crippen molar-refractivity contribution in [2.75, 3.05) is 26.2 Å². The van der Waals surface area contributed by atoms with Crippen LogP contribution in [0, 0.1) is 5.92 Å². The largest absolute Gasteiger partial charge is 0.338 e. The molecule has 2 N–H and O–H groups in total. The summed E-state index contributed by atoms with van der Waals surface area (Å²) in [4.78, 5) is 17.2. The van der Waals surface area contributed by atoms with Crippen molar-refractivity contribution in [1.29, 1.82) is 0 Å². The first kappa shape index (κ1) is 14.3. The minimum atomic E-state index is 0.264. The van der Waals surface area contributed by atoms with Crippen LogP contribution in [0.3, 0.4) is 0 Å². The lowest BCUT2D eigenvalue weighted by atomic mass is 9.78. The van der Waals surface area contributed by atoms with E-state index in [0.717, 1.165) is 38.4 Å². The van der Waals surface area contributed by atoms with Crippen LogP contribution in [0.4, 0.5) is 0 Å². The summed E-state index contributed by atoms with van der Waals surface area (Å²) in [5.74, 6) is 1.14. The summed E-state index contributed by atoms with van der Waals surface area (Å²) in [7, 11) is 0. The normalized spacial score (nSPS) is 35.6. The van der Waals surface area contributed by atoms with Crippen LogP contribution in [0.25, 0.3) is 0 Å². The van der Waals surface area contributed by atoms with E-state index in [1.54, 1.807) is 0 Å². The summed E-state index contributed by atoms with van der Waals surface area (Å²) < 4.78 is 0. The van der Waals surface area contributed by atoms with Gasteiger partial charge in [0.05, 0.1) is 6.54 Å². The fourth-order valence-corrected chi connectivity index (χ4v) is 4.45. The van der Waals surface area contributed by atoms with Crippen molar-refractivity contribution in [3.8, 4) is 0 Å². The zero-order valence-corrected chi connectivity index (χ0v) is 12.6. The molecule has 1 amide bonds. The number of carbonyl (C=O) groups excluding carboxylic acids is 1. The summed E-state index contributed by atoms with van der Waals surface area (Å²) in [6.07, 6.45) is 10.0. The third kappa shape index (κ3) is 3.17. The number of rotatable bonds is 2. The Bertz CT molecular complexity index is 345. The van der Waals surface area contributed by atoms with Gasteiger partial charge in [0.2, 0.25) is 5.91 Å². The fourth-order valence-electron chi connectivity index (χ4n) is 4.45. The number of piperidine rings is 2. The standard InChI is InChI=1S/C16H29N3O/c17-14-7-4-9-18(11-14)12-16(20)19-10-3-6-13-5-1-2-8-15(13)19/h13-15H,1-12,17H2. The highest BCUT2D eigenvalue weighted by atomic mass is 16.2. The lowest BCUT2D eigenvalue weighted by molar-refractivity contribution is -0.139. The molecule has 4 heteroatoms. The molecule has 0 radical (unpaired) electrons. The second-order valence-electron chi connectivity index (χ2n) is 6.98. The maximum absolute atomic E-state index is 12.7. The maximum Gasteiger partial charge on any atom is 0.237 e. The Balaban J connectivity index is 1.57. The lowest BCUT2D eigenvalue weighted by Crippen LogP contribution is -2.54. The van der Waals surface area contributed by atoms with Crippen molar-refractivity contribution < 1.29 is 4.79 Å². The van der Waals surface area contributed by atoms with Crippen LogP contribution in [0.1, 0.15) is 51.4 Å². The van der Waals surface area contributed by atoms with Crippen molar-refractivity contribution in [2.24, 2.45) is 11.7 Å². The van der Waals surface area contributed by atoms with Gasteiger partial charge in [-0.25, -0.2) is 0 Å². The Morgan fingerprint density at radius 1 is 1.00 bits per heavy atom. The molecule has 3 aliphatic rings. The summed E-state index contributed by atoms with van der Waals surface area (Å²) in [6.45, 7) is 3.52. The van der Waals surface area contributed by atoms with Crippen LogP contribution in [0.5, 0.6) is 0 Å². The molecular weight excluding hydrogens is 250 g/mol. The number of carbonyl (C=O) groups is 1. The summed E-state index contributed by atoms with van der Waals surface area (Å²) in [5.41, 5.74) is 6.02. The Kier molecular flexibility index (Phi) is 4.61. The Labute approximate surface area is 122 Å². The molecule has 3 atom stereocenters. The SMILES string of the molecule is NC1CCCN(CC(=O)N2CCCC3CCCCC32)C1. The molecule has 1 saturated carbocycles. The molecule has 114 valence electrons. The average Bonchev–Trinajstić information content (AvgIpc) is 2.46. The van der Waals surface area contributed by atoms with E-state index in [2.05, 4.69) is 9.80 Å². The highest BCUT2D eigenvalue weighted by molar-refractivity contribution is 5.78. The van der Waals surface area contributed by atoms with E-state index < -0.39 is 0 Å². The van der Waals surface area contributed by atoms with Crippen LogP contribution in [0.2, 0.25) is 0 Å². The Morgan fingerprint density at radius 2 is 1.75 bits per heavy atom. The predicted octanol–water partition coefficient (Wildman–Crippen LogP) is 1.59. The van der Waals surface area contributed by atoms with E-state index in [4.69, 9.17) is 5.73 Å². The molecule has 1 aliphatic carbocycles. The molecule has 0 aromatic carbocycles. The van der Waals surface area contributed by atoms with Crippen LogP contribution in [-0.4, -0.2) is 54.0 Å². The van der Waals surface area contributed by atoms with Gasteiger partial charge in [-0.05, 0) is 51.0 Å². The molecule has 0 spiro atoms. The van der Waals surface area contributed by atoms with Gasteiger partial charge in [0, 0.05) is 25.2 Å². The number of amides is 1. The van der Waals surface area contributed by atoms with Gasteiger partial charge in [-0.15, -0.1) is 0 Å². The van der Waals surface area contributed by atoms with Crippen LogP contribution >= 0.6 is 0 Å². The fraction of sp³-hybridized carbons (Fsp3) is 0.938. The minimum Gasteiger partial charge on any atom is -0.338 e. The molecule has 2 saturated heterocycles. The van der Waals surface area contributed by atoms with E-state index >= 15 is 0 Å². The molecule has 2 aliphatic heterocycles. The van der Waals surface area contributed by atoms with Crippen molar-refractivity contribution in [3.63, 3.8) is 0 Å². The topological polar surface area (TPSA) is 49.6 Å². The first-order valence-electron chi connectivity index (χ1n) is 8.51. The molecule has 3 fully saturated rings. The van der Waals surface area contributed by atoms with Gasteiger partial charge in [0.15, 0.2) is 0 Å². The van der Waals surface area contributed by atoms with E-state index in [-0.39, 0.29) is 6.04 Å². The minimum absolute atomic E-state index is 0.264. The number of nitrogens with zero attached hydrogens (tertiary/aromatic N) is 2. The first-order chi connectivity index (χ1) is 9.74. The summed E-state index contributed by atoms with van der Waals surface area (Å²) >= 11 is 0. The molecule has 0 aromatic heterocycles. The van der Waals surface area contributed by atoms with Crippen LogP contribution in [-0.2, 0) is 4.79 Å². The monoisotopic (exact) mass is 279 g/mol. The number of nitrogens with two attached hydrogens (primary N) is 1. The van der Waals surface area contributed by atoms with Gasteiger partial charge in [-0.2, -0.15) is 0 Å². The number of fused-ring (bicyclic) bond motifs is 1. The molecule has 0 bridgehead atoms. The first-order valence-corrected chi connectivity index (χ1v) is 8.51. The third-order valence-corrected chi connectivity index (χ3v) is 5.46. The molecule has 20 heavy (non-hydrogen) atoms. The van der Waals surface area contributed by atoms with E-state index in [0.29, 0.717) is 18.5 Å². The zero-order valence-electron chi connectivity index (χ0n) is 12.6. The third-order valence-electron chi connectivity index (χ3n) is 5.46. The average molecular weight is 279 g/mol. The smallest absolute Gasteiger partial charge is 0.237 e. The van der Waals surface area contributed by atoms with Crippen molar-refractivity contribution in [2.45, 2.75) is 63.5 Å². The molecule has 3 unspecified atom stereocenters. The highest BCUT2D eigenvalue weighted by Crippen LogP contribution is 2.35. The van der Waals surface area contributed by atoms with E-state index in [9.17, 15) is 4.79 Å². The van der Waals surface area contributed by atoms with Gasteiger partial charge in [0.25, 0.3) is 0 Å². The highest BCUT2D eigenvalue weighted by Gasteiger charge is 2.36. The Hall–Kier alpha value is -0.610. The second-order valence-corrected chi connectivity index (χ2v) is 6.98. The van der Waals surface area contributed by atoms with Gasteiger partial charge < -0.3 is 10.6 Å². The molecule has 3 rings (SSSR count). The lowest BCUT2D eigenvalue weighted by Gasteiger charge is -2.45. The summed E-state index contributed by atoms with van der Waals surface area (Å²) in [5, 5.41) is 0. The van der Waals surface area contributed by atoms with Crippen LogP contribution < -0.4 is 5.73 Å². The quantitative estimate of drug-likeness (QED) is 0.835. The van der Waals surface area contributed by atoms with Gasteiger partial charge in [0.1, 0.15) is 0 Å².